The van der Waals surface area contributed by atoms with E-state index in [1.54, 1.807) is 6.07 Å². The van der Waals surface area contributed by atoms with Gasteiger partial charge >= 0.3 is 0 Å². The molecule has 31 heavy (non-hydrogen) atoms. The van der Waals surface area contributed by atoms with E-state index < -0.39 is 0 Å². The maximum atomic E-state index is 12.9. The smallest absolute Gasteiger partial charge is 0.258 e. The Kier molecular flexibility index (Phi) is 7.95. The van der Waals surface area contributed by atoms with E-state index in [0.717, 1.165) is 49.0 Å². The number of fused-ring (bicyclic) bond motifs is 1. The summed E-state index contributed by atoms with van der Waals surface area (Å²) in [5.41, 5.74) is 3.75. The molecule has 0 aliphatic rings. The predicted molar refractivity (Wildman–Crippen MR) is 126 cm³/mol. The lowest BCUT2D eigenvalue weighted by atomic mass is 10.0. The van der Waals surface area contributed by atoms with E-state index in [4.69, 9.17) is 0 Å². The molecule has 1 aromatic heterocycles. The quantitative estimate of drug-likeness (QED) is 0.513. The number of benzene rings is 2. The highest BCUT2D eigenvalue weighted by molar-refractivity contribution is 5.93. The molecule has 0 aliphatic carbocycles. The van der Waals surface area contributed by atoms with Crippen molar-refractivity contribution < 1.29 is 4.79 Å². The van der Waals surface area contributed by atoms with Crippen LogP contribution in [0, 0.1) is 0 Å². The van der Waals surface area contributed by atoms with Crippen molar-refractivity contribution in [2.75, 3.05) is 18.4 Å². The maximum Gasteiger partial charge on any atom is 0.258 e. The molecular weight excluding hydrogens is 388 g/mol. The number of hydrogen-bond acceptors (Lipinski definition) is 4. The van der Waals surface area contributed by atoms with Crippen LogP contribution in [0.2, 0.25) is 0 Å². The number of H-pyrrole nitrogens is 1. The van der Waals surface area contributed by atoms with E-state index in [1.165, 1.54) is 0 Å². The second kappa shape index (κ2) is 10.9. The number of para-hydroxylation sites is 2. The van der Waals surface area contributed by atoms with Gasteiger partial charge in [-0.25, -0.2) is 4.98 Å². The van der Waals surface area contributed by atoms with Crippen LogP contribution in [0.5, 0.6) is 0 Å². The van der Waals surface area contributed by atoms with Gasteiger partial charge in [-0.15, -0.1) is 0 Å². The topological polar surface area (TPSA) is 78.1 Å². The number of amides is 1. The molecular formula is C25H32N4O2. The van der Waals surface area contributed by atoms with Crippen LogP contribution in [0.3, 0.4) is 0 Å². The number of carbonyl (C=O) groups excluding carboxylic acids is 1. The summed E-state index contributed by atoms with van der Waals surface area (Å²) >= 11 is 0. The predicted octanol–water partition coefficient (Wildman–Crippen LogP) is 4.29. The van der Waals surface area contributed by atoms with Gasteiger partial charge in [-0.2, -0.15) is 0 Å². The minimum absolute atomic E-state index is 0.0464. The zero-order chi connectivity index (χ0) is 22.2. The monoisotopic (exact) mass is 420 g/mol. The fraction of sp³-hybridized carbons (Fsp3) is 0.400. The molecule has 0 fully saturated rings. The number of unbranched alkanes of at least 4 members (excludes halogenated alkanes) is 1. The van der Waals surface area contributed by atoms with Crippen LogP contribution in [0.25, 0.3) is 10.9 Å². The number of hydrogen-bond donors (Lipinski definition) is 2. The van der Waals surface area contributed by atoms with Gasteiger partial charge in [0, 0.05) is 5.69 Å². The summed E-state index contributed by atoms with van der Waals surface area (Å²) in [6.45, 7) is 7.75. The van der Waals surface area contributed by atoms with E-state index in [1.807, 2.05) is 29.2 Å². The second-order valence-electron chi connectivity index (χ2n) is 7.80. The van der Waals surface area contributed by atoms with Crippen LogP contribution in [0.15, 0.2) is 47.3 Å². The first-order valence-electron chi connectivity index (χ1n) is 11.2. The first kappa shape index (κ1) is 22.7. The molecule has 164 valence electrons. The van der Waals surface area contributed by atoms with Crippen LogP contribution < -0.4 is 10.9 Å². The van der Waals surface area contributed by atoms with Crippen LogP contribution in [0.4, 0.5) is 5.69 Å². The van der Waals surface area contributed by atoms with Gasteiger partial charge in [0.15, 0.2) is 0 Å². The van der Waals surface area contributed by atoms with Crippen molar-refractivity contribution in [1.82, 2.24) is 14.9 Å². The first-order valence-corrected chi connectivity index (χ1v) is 11.2. The molecule has 6 nitrogen and oxygen atoms in total. The Balaban J connectivity index is 1.78. The van der Waals surface area contributed by atoms with Crippen molar-refractivity contribution in [3.8, 4) is 0 Å². The summed E-state index contributed by atoms with van der Waals surface area (Å²) in [6.07, 6.45) is 3.73. The van der Waals surface area contributed by atoms with Gasteiger partial charge in [0.25, 0.3) is 5.56 Å². The zero-order valence-electron chi connectivity index (χ0n) is 18.7. The van der Waals surface area contributed by atoms with E-state index >= 15 is 0 Å². The summed E-state index contributed by atoms with van der Waals surface area (Å²) in [6, 6.07) is 13.5. The zero-order valence-corrected chi connectivity index (χ0v) is 18.7. The molecule has 0 saturated heterocycles. The standard InChI is InChI=1S/C25H32N4O2/c1-4-7-15-29(16-22-26-21-14-9-8-13-20(21)25(31)27-22)17-23(30)28-24-18(5-2)11-10-12-19(24)6-3/h8-14H,4-7,15-17H2,1-3H3,(H,28,30)(H,26,27,31). The maximum absolute atomic E-state index is 12.9. The molecule has 0 saturated carbocycles. The second-order valence-corrected chi connectivity index (χ2v) is 7.80. The summed E-state index contributed by atoms with van der Waals surface area (Å²) in [7, 11) is 0. The Morgan fingerprint density at radius 1 is 1.03 bits per heavy atom. The molecule has 0 bridgehead atoms. The van der Waals surface area contributed by atoms with Gasteiger partial charge in [-0.05, 0) is 49.1 Å². The number of aromatic nitrogens is 2. The lowest BCUT2D eigenvalue weighted by Gasteiger charge is -2.22. The number of aryl methyl sites for hydroxylation is 2. The highest BCUT2D eigenvalue weighted by Gasteiger charge is 2.16. The third kappa shape index (κ3) is 5.79. The van der Waals surface area contributed by atoms with Crippen LogP contribution in [0.1, 0.15) is 50.6 Å². The Labute approximate surface area is 183 Å². The highest BCUT2D eigenvalue weighted by Crippen LogP contribution is 2.22. The van der Waals surface area contributed by atoms with E-state index in [-0.39, 0.29) is 18.0 Å². The molecule has 0 spiro atoms. The van der Waals surface area contributed by atoms with Crippen LogP contribution >= 0.6 is 0 Å². The number of nitrogens with zero attached hydrogens (tertiary/aromatic N) is 2. The Morgan fingerprint density at radius 2 is 1.74 bits per heavy atom. The highest BCUT2D eigenvalue weighted by atomic mass is 16.2. The van der Waals surface area contributed by atoms with Crippen LogP contribution in [-0.2, 0) is 24.2 Å². The molecule has 0 radical (unpaired) electrons. The van der Waals surface area contributed by atoms with Crippen molar-refractivity contribution in [2.45, 2.75) is 53.0 Å². The molecule has 3 aromatic rings. The Hall–Kier alpha value is -2.99. The van der Waals surface area contributed by atoms with E-state index in [9.17, 15) is 9.59 Å². The van der Waals surface area contributed by atoms with E-state index in [2.05, 4.69) is 48.2 Å². The summed E-state index contributed by atoms with van der Waals surface area (Å²) in [4.78, 5) is 34.9. The lowest BCUT2D eigenvalue weighted by molar-refractivity contribution is -0.117. The van der Waals surface area contributed by atoms with E-state index in [0.29, 0.717) is 23.3 Å². The number of anilines is 1. The average molecular weight is 421 g/mol. The number of rotatable bonds is 10. The van der Waals surface area contributed by atoms with Crippen molar-refractivity contribution in [2.24, 2.45) is 0 Å². The van der Waals surface area contributed by atoms with Gasteiger partial charge in [0.1, 0.15) is 5.82 Å². The third-order valence-electron chi connectivity index (χ3n) is 5.49. The molecule has 2 N–H and O–H groups in total. The van der Waals surface area contributed by atoms with Crippen molar-refractivity contribution >= 4 is 22.5 Å². The Bertz CT molecular complexity index is 1070. The molecule has 2 aromatic carbocycles. The molecule has 0 unspecified atom stereocenters. The fourth-order valence-corrected chi connectivity index (χ4v) is 3.80. The minimum Gasteiger partial charge on any atom is -0.324 e. The van der Waals surface area contributed by atoms with Gasteiger partial charge in [0.05, 0.1) is 24.0 Å². The van der Waals surface area contributed by atoms with Crippen LogP contribution in [-0.4, -0.2) is 33.9 Å². The Morgan fingerprint density at radius 3 is 2.42 bits per heavy atom. The minimum atomic E-state index is -0.148. The number of carbonyl (C=O) groups is 1. The largest absolute Gasteiger partial charge is 0.324 e. The molecule has 6 heteroatoms. The summed E-state index contributed by atoms with van der Waals surface area (Å²) in [5, 5.41) is 3.72. The molecule has 0 atom stereocenters. The lowest BCUT2D eigenvalue weighted by Crippen LogP contribution is -2.35. The first-order chi connectivity index (χ1) is 15.0. The molecule has 3 rings (SSSR count). The average Bonchev–Trinajstić information content (AvgIpc) is 2.77. The van der Waals surface area contributed by atoms with Crippen molar-refractivity contribution in [3.05, 3.63) is 69.8 Å². The van der Waals surface area contributed by atoms with Gasteiger partial charge in [-0.3, -0.25) is 14.5 Å². The summed E-state index contributed by atoms with van der Waals surface area (Å²) in [5.74, 6) is 0.533. The SMILES string of the molecule is CCCCN(CC(=O)Nc1c(CC)cccc1CC)Cc1nc2ccccc2c(=O)[nH]1. The van der Waals surface area contributed by atoms with Crippen molar-refractivity contribution in [1.29, 1.82) is 0 Å². The number of nitrogens with one attached hydrogen (secondary N) is 2. The molecule has 0 aliphatic heterocycles. The van der Waals surface area contributed by atoms with Gasteiger partial charge < -0.3 is 10.3 Å². The number of aromatic amines is 1. The fourth-order valence-electron chi connectivity index (χ4n) is 3.80. The van der Waals surface area contributed by atoms with Crippen molar-refractivity contribution in [3.63, 3.8) is 0 Å². The van der Waals surface area contributed by atoms with Gasteiger partial charge in [0.2, 0.25) is 5.91 Å². The normalized spacial score (nSPS) is 11.2. The third-order valence-corrected chi connectivity index (χ3v) is 5.49. The summed E-state index contributed by atoms with van der Waals surface area (Å²) < 4.78 is 0. The van der Waals surface area contributed by atoms with Gasteiger partial charge in [-0.1, -0.05) is 57.5 Å². The molecule has 1 amide bonds. The molecule has 1 heterocycles.